The van der Waals surface area contributed by atoms with Gasteiger partial charge in [0, 0.05) is 17.7 Å². The summed E-state index contributed by atoms with van der Waals surface area (Å²) in [5.41, 5.74) is 3.37. The number of carbonyl (C=O) groups excluding carboxylic acids is 1. The first-order chi connectivity index (χ1) is 14.7. The van der Waals surface area contributed by atoms with Crippen LogP contribution in [0.15, 0.2) is 78.9 Å². The van der Waals surface area contributed by atoms with Gasteiger partial charge >= 0.3 is 0 Å². The predicted molar refractivity (Wildman–Crippen MR) is 113 cm³/mol. The molecule has 30 heavy (non-hydrogen) atoms. The van der Waals surface area contributed by atoms with Gasteiger partial charge in [-0.2, -0.15) is 4.80 Å². The molecule has 0 radical (unpaired) electrons. The minimum absolute atomic E-state index is 0.147. The van der Waals surface area contributed by atoms with Gasteiger partial charge < -0.3 is 10.1 Å². The van der Waals surface area contributed by atoms with E-state index in [1.807, 2.05) is 66.7 Å². The van der Waals surface area contributed by atoms with Crippen molar-refractivity contribution in [1.82, 2.24) is 25.5 Å². The summed E-state index contributed by atoms with van der Waals surface area (Å²) in [5, 5.41) is 15.6. The quantitative estimate of drug-likeness (QED) is 0.516. The Morgan fingerprint density at radius 1 is 0.967 bits per heavy atom. The Labute approximate surface area is 174 Å². The van der Waals surface area contributed by atoms with Crippen LogP contribution in [0.1, 0.15) is 21.5 Å². The summed E-state index contributed by atoms with van der Waals surface area (Å²) >= 11 is 0. The number of amides is 1. The van der Waals surface area contributed by atoms with Crippen molar-refractivity contribution < 1.29 is 9.53 Å². The summed E-state index contributed by atoms with van der Waals surface area (Å²) in [5.74, 6) is 1.13. The maximum absolute atomic E-state index is 12.5. The van der Waals surface area contributed by atoms with Crippen LogP contribution in [0.25, 0.3) is 11.4 Å². The average molecular weight is 399 g/mol. The van der Waals surface area contributed by atoms with Crippen LogP contribution in [0.3, 0.4) is 0 Å². The van der Waals surface area contributed by atoms with Crippen molar-refractivity contribution in [2.24, 2.45) is 0 Å². The third kappa shape index (κ3) is 4.70. The Morgan fingerprint density at radius 3 is 2.53 bits per heavy atom. The highest BCUT2D eigenvalue weighted by molar-refractivity contribution is 5.95. The number of rotatable bonds is 7. The van der Waals surface area contributed by atoms with E-state index < -0.39 is 0 Å². The SMILES string of the molecule is COc1ccc(Cn2nnc(-c3cccc(C(=O)NCc4ccccc4)c3)n2)cc1. The summed E-state index contributed by atoms with van der Waals surface area (Å²) < 4.78 is 5.17. The van der Waals surface area contributed by atoms with Crippen LogP contribution in [0.5, 0.6) is 5.75 Å². The molecule has 4 rings (SSSR count). The van der Waals surface area contributed by atoms with Gasteiger partial charge in [-0.1, -0.05) is 54.6 Å². The van der Waals surface area contributed by atoms with Crippen LogP contribution in [-0.2, 0) is 13.1 Å². The Morgan fingerprint density at radius 2 is 1.77 bits per heavy atom. The van der Waals surface area contributed by atoms with E-state index in [2.05, 4.69) is 20.7 Å². The van der Waals surface area contributed by atoms with Gasteiger partial charge in [-0.3, -0.25) is 4.79 Å². The molecule has 150 valence electrons. The fourth-order valence-corrected chi connectivity index (χ4v) is 3.00. The standard InChI is InChI=1S/C23H21N5O2/c1-30-21-12-10-18(11-13-21)16-28-26-22(25-27-28)19-8-5-9-20(14-19)23(29)24-15-17-6-3-2-4-7-17/h2-14H,15-16H2,1H3,(H,24,29). The molecule has 0 aliphatic carbocycles. The third-order valence-corrected chi connectivity index (χ3v) is 4.61. The number of carbonyl (C=O) groups is 1. The number of tetrazole rings is 1. The summed E-state index contributed by atoms with van der Waals surface area (Å²) in [4.78, 5) is 14.0. The second-order valence-electron chi connectivity index (χ2n) is 6.74. The fraction of sp³-hybridized carbons (Fsp3) is 0.130. The molecule has 0 aliphatic rings. The number of aromatic nitrogens is 4. The summed E-state index contributed by atoms with van der Waals surface area (Å²) in [6, 6.07) is 24.7. The fourth-order valence-electron chi connectivity index (χ4n) is 3.00. The van der Waals surface area contributed by atoms with E-state index in [0.717, 1.165) is 22.4 Å². The van der Waals surface area contributed by atoms with Crippen molar-refractivity contribution in [2.45, 2.75) is 13.1 Å². The van der Waals surface area contributed by atoms with Crippen molar-refractivity contribution in [3.05, 3.63) is 95.6 Å². The van der Waals surface area contributed by atoms with E-state index >= 15 is 0 Å². The number of hydrogen-bond donors (Lipinski definition) is 1. The highest BCUT2D eigenvalue weighted by atomic mass is 16.5. The van der Waals surface area contributed by atoms with E-state index in [9.17, 15) is 4.79 Å². The molecule has 0 unspecified atom stereocenters. The number of nitrogens with one attached hydrogen (secondary N) is 1. The van der Waals surface area contributed by atoms with Crippen molar-refractivity contribution in [3.8, 4) is 17.1 Å². The predicted octanol–water partition coefficient (Wildman–Crippen LogP) is 3.33. The lowest BCUT2D eigenvalue weighted by Crippen LogP contribution is -2.22. The Hall–Kier alpha value is -4.00. The zero-order valence-electron chi connectivity index (χ0n) is 16.5. The Bertz CT molecular complexity index is 1120. The maximum Gasteiger partial charge on any atom is 0.251 e. The molecule has 0 saturated carbocycles. The minimum atomic E-state index is -0.147. The zero-order valence-corrected chi connectivity index (χ0v) is 16.5. The summed E-state index contributed by atoms with van der Waals surface area (Å²) in [6.07, 6.45) is 0. The number of methoxy groups -OCH3 is 1. The molecular formula is C23H21N5O2. The van der Waals surface area contributed by atoms with Crippen LogP contribution in [-0.4, -0.2) is 33.2 Å². The van der Waals surface area contributed by atoms with Crippen LogP contribution in [0, 0.1) is 0 Å². The van der Waals surface area contributed by atoms with Crippen molar-refractivity contribution in [3.63, 3.8) is 0 Å². The smallest absolute Gasteiger partial charge is 0.251 e. The van der Waals surface area contributed by atoms with Crippen molar-refractivity contribution in [2.75, 3.05) is 7.11 Å². The van der Waals surface area contributed by atoms with Crippen LogP contribution >= 0.6 is 0 Å². The van der Waals surface area contributed by atoms with Gasteiger partial charge in [0.1, 0.15) is 5.75 Å². The molecule has 0 saturated heterocycles. The third-order valence-electron chi connectivity index (χ3n) is 4.61. The lowest BCUT2D eigenvalue weighted by molar-refractivity contribution is 0.0951. The lowest BCUT2D eigenvalue weighted by Gasteiger charge is -2.06. The van der Waals surface area contributed by atoms with Gasteiger partial charge in [0.05, 0.1) is 13.7 Å². The van der Waals surface area contributed by atoms with Crippen molar-refractivity contribution in [1.29, 1.82) is 0 Å². The largest absolute Gasteiger partial charge is 0.497 e. The molecule has 1 amide bonds. The Kier molecular flexibility index (Phi) is 5.80. The normalized spacial score (nSPS) is 10.6. The van der Waals surface area contributed by atoms with Gasteiger partial charge in [0.2, 0.25) is 5.82 Å². The first-order valence-corrected chi connectivity index (χ1v) is 9.54. The van der Waals surface area contributed by atoms with E-state index in [-0.39, 0.29) is 5.91 Å². The van der Waals surface area contributed by atoms with Crippen molar-refractivity contribution >= 4 is 5.91 Å². The molecule has 1 aromatic heterocycles. The molecule has 7 heteroatoms. The Balaban J connectivity index is 1.43. The van der Waals surface area contributed by atoms with Gasteiger partial charge in [0.15, 0.2) is 0 Å². The monoisotopic (exact) mass is 399 g/mol. The van der Waals surface area contributed by atoms with Crippen LogP contribution in [0.2, 0.25) is 0 Å². The van der Waals surface area contributed by atoms with E-state index in [1.54, 1.807) is 19.2 Å². The van der Waals surface area contributed by atoms with E-state index in [0.29, 0.717) is 24.5 Å². The molecule has 1 heterocycles. The summed E-state index contributed by atoms with van der Waals surface area (Å²) in [7, 11) is 1.64. The number of ether oxygens (including phenoxy) is 1. The molecule has 0 aliphatic heterocycles. The molecule has 0 fully saturated rings. The molecule has 3 aromatic carbocycles. The minimum Gasteiger partial charge on any atom is -0.497 e. The second-order valence-corrected chi connectivity index (χ2v) is 6.74. The van der Waals surface area contributed by atoms with Crippen LogP contribution in [0.4, 0.5) is 0 Å². The second kappa shape index (κ2) is 9.00. The molecule has 0 bridgehead atoms. The molecule has 1 N–H and O–H groups in total. The molecular weight excluding hydrogens is 378 g/mol. The van der Waals surface area contributed by atoms with E-state index in [4.69, 9.17) is 4.74 Å². The lowest BCUT2D eigenvalue weighted by atomic mass is 10.1. The summed E-state index contributed by atoms with van der Waals surface area (Å²) in [6.45, 7) is 0.967. The van der Waals surface area contributed by atoms with Gasteiger partial charge in [-0.15, -0.1) is 10.2 Å². The molecule has 4 aromatic rings. The molecule has 0 atom stereocenters. The number of hydrogen-bond acceptors (Lipinski definition) is 5. The zero-order chi connectivity index (χ0) is 20.8. The van der Waals surface area contributed by atoms with Crippen LogP contribution < -0.4 is 10.1 Å². The highest BCUT2D eigenvalue weighted by Gasteiger charge is 2.11. The van der Waals surface area contributed by atoms with Gasteiger partial charge in [0.25, 0.3) is 5.91 Å². The maximum atomic E-state index is 12.5. The van der Waals surface area contributed by atoms with Gasteiger partial charge in [-0.05, 0) is 40.6 Å². The topological polar surface area (TPSA) is 81.9 Å². The van der Waals surface area contributed by atoms with E-state index in [1.165, 1.54) is 4.80 Å². The van der Waals surface area contributed by atoms with Gasteiger partial charge in [-0.25, -0.2) is 0 Å². The first kappa shape index (κ1) is 19.3. The first-order valence-electron chi connectivity index (χ1n) is 9.54. The average Bonchev–Trinajstić information content (AvgIpc) is 3.27. The number of benzene rings is 3. The highest BCUT2D eigenvalue weighted by Crippen LogP contribution is 2.17. The molecule has 7 nitrogen and oxygen atoms in total. The number of nitrogens with zero attached hydrogens (tertiary/aromatic N) is 4. The molecule has 0 spiro atoms.